The molecule has 0 N–H and O–H groups in total. The predicted molar refractivity (Wildman–Crippen MR) is 131 cm³/mol. The highest BCUT2D eigenvalue weighted by atomic mass is 32.2. The average Bonchev–Trinajstić information content (AvgIpc) is 3.27. The van der Waals surface area contributed by atoms with Gasteiger partial charge in [0, 0.05) is 29.9 Å². The Kier molecular flexibility index (Phi) is 6.17. The molecular weight excluding hydrogens is 464 g/mol. The number of aliphatic imine (C=N–C) groups is 1. The molecule has 0 atom stereocenters. The lowest BCUT2D eigenvalue weighted by Gasteiger charge is -2.26. The van der Waals surface area contributed by atoms with Crippen LogP contribution in [0.5, 0.6) is 0 Å². The topological polar surface area (TPSA) is 103 Å². The van der Waals surface area contributed by atoms with Crippen LogP contribution in [0.4, 0.5) is 5.69 Å². The normalized spacial score (nSPS) is 17.2. The number of anilines is 1. The van der Waals surface area contributed by atoms with Gasteiger partial charge in [-0.25, -0.2) is 8.42 Å². The van der Waals surface area contributed by atoms with Crippen LogP contribution in [-0.4, -0.2) is 50.8 Å². The molecule has 0 aromatic heterocycles. The number of ether oxygens (including phenoxy) is 1. The minimum absolute atomic E-state index is 0.133. The number of hydrogen-bond acceptors (Lipinski definition) is 5. The molecule has 3 aromatic carbocycles. The van der Waals surface area contributed by atoms with E-state index in [4.69, 9.17) is 10.00 Å². The number of nitriles is 1. The maximum Gasteiger partial charge on any atom is 0.278 e. The lowest BCUT2D eigenvalue weighted by molar-refractivity contribution is 0.0730. The van der Waals surface area contributed by atoms with Gasteiger partial charge < -0.3 is 9.64 Å². The first-order valence-corrected chi connectivity index (χ1v) is 12.6. The molecule has 1 saturated heterocycles. The summed E-state index contributed by atoms with van der Waals surface area (Å²) in [6, 6.07) is 22.8. The van der Waals surface area contributed by atoms with E-state index >= 15 is 0 Å². The zero-order valence-corrected chi connectivity index (χ0v) is 19.6. The van der Waals surface area contributed by atoms with E-state index in [1.54, 1.807) is 12.1 Å². The summed E-state index contributed by atoms with van der Waals surface area (Å²) in [6.07, 6.45) is 0. The molecule has 1 amide bonds. The number of fused-ring (bicyclic) bond motifs is 1. The van der Waals surface area contributed by atoms with E-state index in [1.165, 1.54) is 28.6 Å². The number of morpholine rings is 1. The van der Waals surface area contributed by atoms with Gasteiger partial charge in [-0.1, -0.05) is 24.3 Å². The third-order valence-corrected chi connectivity index (χ3v) is 7.98. The van der Waals surface area contributed by atoms with Crippen molar-refractivity contribution in [2.75, 3.05) is 31.2 Å². The predicted octanol–water partition coefficient (Wildman–Crippen LogP) is 3.19. The molecule has 0 radical (unpaired) electrons. The molecule has 0 saturated carbocycles. The van der Waals surface area contributed by atoms with Crippen LogP contribution in [0.15, 0.2) is 82.7 Å². The van der Waals surface area contributed by atoms with Gasteiger partial charge in [0.1, 0.15) is 5.84 Å². The molecule has 2 heterocycles. The largest absolute Gasteiger partial charge is 0.379 e. The van der Waals surface area contributed by atoms with Crippen LogP contribution in [0.3, 0.4) is 0 Å². The Morgan fingerprint density at radius 1 is 0.943 bits per heavy atom. The van der Waals surface area contributed by atoms with Crippen molar-refractivity contribution in [2.45, 2.75) is 11.4 Å². The van der Waals surface area contributed by atoms with Gasteiger partial charge in [0.05, 0.1) is 36.3 Å². The molecule has 2 aliphatic rings. The van der Waals surface area contributed by atoms with E-state index in [2.05, 4.69) is 11.1 Å². The minimum atomic E-state index is -3.64. The summed E-state index contributed by atoms with van der Waals surface area (Å²) >= 11 is 0. The van der Waals surface area contributed by atoms with Crippen molar-refractivity contribution in [3.05, 3.63) is 95.1 Å². The monoisotopic (exact) mass is 486 g/mol. The summed E-state index contributed by atoms with van der Waals surface area (Å²) in [5.74, 6) is 0.0472. The Hall–Kier alpha value is -3.84. The standard InChI is InChI=1S/C26H22N4O4S/c27-17-19-5-9-22(10-6-19)30-18-21-3-1-2-4-24(21)25(30)28-26(31)20-7-11-23(12-8-20)35(32,33)29-13-15-34-16-14-29/h1-12H,13-16,18H2. The Morgan fingerprint density at radius 3 is 2.31 bits per heavy atom. The highest BCUT2D eigenvalue weighted by Crippen LogP contribution is 2.29. The molecule has 176 valence electrons. The third kappa shape index (κ3) is 4.47. The summed E-state index contributed by atoms with van der Waals surface area (Å²) < 4.78 is 32.3. The number of rotatable bonds is 4. The van der Waals surface area contributed by atoms with Gasteiger partial charge >= 0.3 is 0 Å². The molecule has 0 spiro atoms. The van der Waals surface area contributed by atoms with Crippen molar-refractivity contribution < 1.29 is 17.9 Å². The van der Waals surface area contributed by atoms with E-state index in [9.17, 15) is 13.2 Å². The zero-order valence-electron chi connectivity index (χ0n) is 18.8. The minimum Gasteiger partial charge on any atom is -0.379 e. The summed E-state index contributed by atoms with van der Waals surface area (Å²) in [5.41, 5.74) is 3.56. The number of carbonyl (C=O) groups is 1. The molecule has 1 fully saturated rings. The van der Waals surface area contributed by atoms with Crippen molar-refractivity contribution in [1.82, 2.24) is 4.31 Å². The third-order valence-electron chi connectivity index (χ3n) is 6.07. The maximum atomic E-state index is 13.1. The average molecular weight is 487 g/mol. The van der Waals surface area contributed by atoms with E-state index in [1.807, 2.05) is 41.3 Å². The number of nitrogens with zero attached hydrogens (tertiary/aromatic N) is 4. The van der Waals surface area contributed by atoms with Gasteiger partial charge in [-0.2, -0.15) is 14.6 Å². The van der Waals surface area contributed by atoms with Gasteiger partial charge in [-0.05, 0) is 54.1 Å². The first-order chi connectivity index (χ1) is 17.0. The molecule has 0 unspecified atom stereocenters. The number of hydrogen-bond donors (Lipinski definition) is 0. The van der Waals surface area contributed by atoms with Crippen LogP contribution in [0.2, 0.25) is 0 Å². The number of amides is 1. The first kappa shape index (κ1) is 22.9. The molecule has 0 bridgehead atoms. The Bertz CT molecular complexity index is 1440. The van der Waals surface area contributed by atoms with Crippen molar-refractivity contribution in [1.29, 1.82) is 5.26 Å². The van der Waals surface area contributed by atoms with Gasteiger partial charge in [0.2, 0.25) is 10.0 Å². The quantitative estimate of drug-likeness (QED) is 0.561. The van der Waals surface area contributed by atoms with Crippen LogP contribution in [0.1, 0.15) is 27.0 Å². The van der Waals surface area contributed by atoms with E-state index in [-0.39, 0.29) is 4.90 Å². The SMILES string of the molecule is N#Cc1ccc(N2Cc3ccccc3C2=NC(=O)c2ccc(S(=O)(=O)N3CCOCC3)cc2)cc1. The van der Waals surface area contributed by atoms with Gasteiger partial charge in [0.15, 0.2) is 0 Å². The fraction of sp³-hybridized carbons (Fsp3) is 0.192. The molecule has 8 nitrogen and oxygen atoms in total. The molecule has 0 aliphatic carbocycles. The van der Waals surface area contributed by atoms with Crippen LogP contribution in [-0.2, 0) is 21.3 Å². The van der Waals surface area contributed by atoms with Crippen molar-refractivity contribution >= 4 is 27.5 Å². The summed E-state index contributed by atoms with van der Waals surface area (Å²) in [4.78, 5) is 19.6. The van der Waals surface area contributed by atoms with Crippen LogP contribution in [0.25, 0.3) is 0 Å². The number of benzene rings is 3. The number of sulfonamides is 1. The molecular formula is C26H22N4O4S. The lowest BCUT2D eigenvalue weighted by Crippen LogP contribution is -2.40. The smallest absolute Gasteiger partial charge is 0.278 e. The van der Waals surface area contributed by atoms with Crippen LogP contribution >= 0.6 is 0 Å². The van der Waals surface area contributed by atoms with Crippen molar-refractivity contribution in [2.24, 2.45) is 4.99 Å². The summed E-state index contributed by atoms with van der Waals surface area (Å²) in [7, 11) is -3.64. The summed E-state index contributed by atoms with van der Waals surface area (Å²) in [5, 5.41) is 9.10. The zero-order chi connectivity index (χ0) is 24.4. The van der Waals surface area contributed by atoms with Crippen molar-refractivity contribution in [3.63, 3.8) is 0 Å². The summed E-state index contributed by atoms with van der Waals surface area (Å²) in [6.45, 7) is 1.89. The van der Waals surface area contributed by atoms with E-state index in [0.717, 1.165) is 16.8 Å². The second-order valence-corrected chi connectivity index (χ2v) is 10.1. The van der Waals surface area contributed by atoms with Crippen molar-refractivity contribution in [3.8, 4) is 6.07 Å². The molecule has 9 heteroatoms. The maximum absolute atomic E-state index is 13.1. The number of carbonyl (C=O) groups excluding carboxylic acids is 1. The number of amidine groups is 1. The van der Waals surface area contributed by atoms with E-state index < -0.39 is 15.9 Å². The highest BCUT2D eigenvalue weighted by molar-refractivity contribution is 7.89. The highest BCUT2D eigenvalue weighted by Gasteiger charge is 2.28. The Labute approximate surface area is 203 Å². The van der Waals surface area contributed by atoms with Gasteiger partial charge in [-0.3, -0.25) is 4.79 Å². The molecule has 35 heavy (non-hydrogen) atoms. The molecule has 5 rings (SSSR count). The van der Waals surface area contributed by atoms with Gasteiger partial charge in [-0.15, -0.1) is 0 Å². The first-order valence-electron chi connectivity index (χ1n) is 11.1. The fourth-order valence-corrected chi connectivity index (χ4v) is 5.59. The second kappa shape index (κ2) is 9.43. The lowest BCUT2D eigenvalue weighted by atomic mass is 10.1. The fourth-order valence-electron chi connectivity index (χ4n) is 4.18. The van der Waals surface area contributed by atoms with Gasteiger partial charge in [0.25, 0.3) is 5.91 Å². The van der Waals surface area contributed by atoms with E-state index in [0.29, 0.717) is 49.8 Å². The van der Waals surface area contributed by atoms with Crippen LogP contribution in [0, 0.1) is 11.3 Å². The Morgan fingerprint density at radius 2 is 1.63 bits per heavy atom. The second-order valence-electron chi connectivity index (χ2n) is 8.18. The van der Waals surface area contributed by atoms with Crippen LogP contribution < -0.4 is 4.90 Å². The molecule has 2 aliphatic heterocycles. The molecule has 3 aromatic rings. The Balaban J connectivity index is 1.44.